The number of benzene rings is 1. The van der Waals surface area contributed by atoms with Crippen LogP contribution >= 0.6 is 15.9 Å². The van der Waals surface area contributed by atoms with Crippen LogP contribution in [0.4, 0.5) is 13.2 Å². The second-order valence-electron chi connectivity index (χ2n) is 3.12. The Hall–Kier alpha value is -1.29. The van der Waals surface area contributed by atoms with Gasteiger partial charge in [0.2, 0.25) is 0 Å². The number of esters is 1. The molecule has 0 aliphatic heterocycles. The monoisotopic (exact) mass is 362 g/mol. The van der Waals surface area contributed by atoms with Crippen LogP contribution in [0.1, 0.15) is 10.4 Å². The largest absolute Gasteiger partial charge is 0.534 e. The average Bonchev–Trinajstić information content (AvgIpc) is 2.29. The molecule has 0 amide bonds. The number of carbonyl (C=O) groups excluding carboxylic acids is 1. The lowest BCUT2D eigenvalue weighted by atomic mass is 10.2. The predicted molar refractivity (Wildman–Crippen MR) is 61.1 cm³/mol. The summed E-state index contributed by atoms with van der Waals surface area (Å²) in [5, 5.41) is 0. The van der Waals surface area contributed by atoms with Gasteiger partial charge in [0.05, 0.1) is 17.1 Å². The summed E-state index contributed by atoms with van der Waals surface area (Å²) in [7, 11) is -4.64. The van der Waals surface area contributed by atoms with Gasteiger partial charge in [-0.25, -0.2) is 4.79 Å². The topological polar surface area (TPSA) is 69.7 Å². The number of halogens is 4. The third-order valence-electron chi connectivity index (χ3n) is 1.84. The van der Waals surface area contributed by atoms with E-state index in [9.17, 15) is 26.4 Å². The molecule has 1 rings (SSSR count). The van der Waals surface area contributed by atoms with Gasteiger partial charge in [0.1, 0.15) is 0 Å². The Morgan fingerprint density at radius 1 is 1.32 bits per heavy atom. The minimum absolute atomic E-state index is 0.0196. The van der Waals surface area contributed by atoms with E-state index in [4.69, 9.17) is 0 Å². The molecule has 5 nitrogen and oxygen atoms in total. The highest BCUT2D eigenvalue weighted by Crippen LogP contribution is 2.32. The van der Waals surface area contributed by atoms with Gasteiger partial charge in [0, 0.05) is 0 Å². The van der Waals surface area contributed by atoms with Crippen molar-refractivity contribution < 1.29 is 35.3 Å². The number of rotatable bonds is 3. The molecule has 1 aromatic carbocycles. The summed E-state index contributed by atoms with van der Waals surface area (Å²) >= 11 is 2.80. The van der Waals surface area contributed by atoms with Crippen molar-refractivity contribution >= 4 is 32.0 Å². The summed E-state index contributed by atoms with van der Waals surface area (Å²) in [6.07, 6.45) is 0. The van der Waals surface area contributed by atoms with Gasteiger partial charge in [-0.2, -0.15) is 21.6 Å². The van der Waals surface area contributed by atoms with Gasteiger partial charge in [-0.05, 0) is 34.1 Å². The summed E-state index contributed by atoms with van der Waals surface area (Å²) in [6.45, 7) is 0. The maximum Gasteiger partial charge on any atom is 0.534 e. The van der Waals surface area contributed by atoms with E-state index in [2.05, 4.69) is 24.8 Å². The van der Waals surface area contributed by atoms with Gasteiger partial charge in [0.25, 0.3) is 0 Å². The number of methoxy groups -OCH3 is 1. The summed E-state index contributed by atoms with van der Waals surface area (Å²) in [5.41, 5.74) is -5.51. The molecule has 0 bridgehead atoms. The first kappa shape index (κ1) is 15.8. The summed E-state index contributed by atoms with van der Waals surface area (Å²) in [5.74, 6) is -1.32. The second-order valence-corrected chi connectivity index (χ2v) is 5.51. The van der Waals surface area contributed by atoms with Crippen molar-refractivity contribution in [2.45, 2.75) is 5.51 Å². The van der Waals surface area contributed by atoms with Crippen LogP contribution in [0.25, 0.3) is 0 Å². The van der Waals surface area contributed by atoms with Crippen LogP contribution in [0.15, 0.2) is 22.7 Å². The molecule has 0 fully saturated rings. The highest BCUT2D eigenvalue weighted by atomic mass is 79.9. The number of hydrogen-bond donors (Lipinski definition) is 0. The van der Waals surface area contributed by atoms with E-state index in [1.165, 1.54) is 0 Å². The highest BCUT2D eigenvalue weighted by molar-refractivity contribution is 9.10. The second kappa shape index (κ2) is 5.37. The smallest absolute Gasteiger partial charge is 0.465 e. The zero-order valence-electron chi connectivity index (χ0n) is 9.19. The summed E-state index contributed by atoms with van der Waals surface area (Å²) in [4.78, 5) is 11.1. The Balaban J connectivity index is 3.09. The van der Waals surface area contributed by atoms with Crippen molar-refractivity contribution in [3.05, 3.63) is 28.2 Å². The molecule has 0 radical (unpaired) electrons. The first-order valence-electron chi connectivity index (χ1n) is 4.47. The molecule has 0 atom stereocenters. The van der Waals surface area contributed by atoms with Crippen molar-refractivity contribution in [2.75, 3.05) is 7.11 Å². The maximum absolute atomic E-state index is 12.1. The lowest BCUT2D eigenvalue weighted by Gasteiger charge is -2.11. The number of carbonyl (C=O) groups is 1. The Bertz CT molecular complexity index is 596. The summed E-state index contributed by atoms with van der Waals surface area (Å²) in [6, 6.07) is 3.05. The molecule has 0 unspecified atom stereocenters. The number of ether oxygens (including phenoxy) is 1. The predicted octanol–water partition coefficient (Wildman–Crippen LogP) is 2.46. The molecular weight excluding hydrogens is 357 g/mol. The number of hydrogen-bond acceptors (Lipinski definition) is 5. The highest BCUT2D eigenvalue weighted by Gasteiger charge is 2.48. The van der Waals surface area contributed by atoms with Crippen molar-refractivity contribution in [1.82, 2.24) is 0 Å². The molecule has 0 heterocycles. The first-order chi connectivity index (χ1) is 8.58. The molecule has 0 saturated carbocycles. The molecule has 1 aromatic rings. The Morgan fingerprint density at radius 3 is 2.32 bits per heavy atom. The lowest BCUT2D eigenvalue weighted by molar-refractivity contribution is -0.0500. The van der Waals surface area contributed by atoms with Crippen molar-refractivity contribution in [1.29, 1.82) is 0 Å². The van der Waals surface area contributed by atoms with Crippen LogP contribution < -0.4 is 4.18 Å². The molecule has 0 N–H and O–H groups in total. The van der Waals surface area contributed by atoms with Crippen LogP contribution in [0.3, 0.4) is 0 Å². The molecule has 19 heavy (non-hydrogen) atoms. The fourth-order valence-corrected chi connectivity index (χ4v) is 2.02. The quantitative estimate of drug-likeness (QED) is 0.469. The standard InChI is InChI=1S/C9H6BrF3O5S/c1-17-8(14)5-2-3-7(6(10)4-5)18-19(15,16)9(11,12)13/h2-4H,1H3. The minimum Gasteiger partial charge on any atom is -0.465 e. The maximum atomic E-state index is 12.1. The van der Waals surface area contributed by atoms with Crippen LogP contribution in [0.5, 0.6) is 5.75 Å². The molecule has 10 heteroatoms. The summed E-state index contributed by atoms with van der Waals surface area (Å²) < 4.78 is 66.1. The molecule has 106 valence electrons. The van der Waals surface area contributed by atoms with E-state index in [0.717, 1.165) is 25.3 Å². The van der Waals surface area contributed by atoms with Crippen LogP contribution in [0, 0.1) is 0 Å². The average molecular weight is 363 g/mol. The van der Waals surface area contributed by atoms with Gasteiger partial charge >= 0.3 is 21.6 Å². The van der Waals surface area contributed by atoms with Crippen molar-refractivity contribution in [2.24, 2.45) is 0 Å². The van der Waals surface area contributed by atoms with E-state index in [0.29, 0.717) is 0 Å². The van der Waals surface area contributed by atoms with Crippen molar-refractivity contribution in [3.8, 4) is 5.75 Å². The molecule has 0 saturated heterocycles. The van der Waals surface area contributed by atoms with Gasteiger partial charge < -0.3 is 8.92 Å². The zero-order valence-corrected chi connectivity index (χ0v) is 11.6. The SMILES string of the molecule is COC(=O)c1ccc(OS(=O)(=O)C(F)(F)F)c(Br)c1. The lowest BCUT2D eigenvalue weighted by Crippen LogP contribution is -2.28. The Morgan fingerprint density at radius 2 is 1.89 bits per heavy atom. The minimum atomic E-state index is -5.76. The molecular formula is C9H6BrF3O5S. The molecule has 0 spiro atoms. The van der Waals surface area contributed by atoms with Crippen molar-refractivity contribution in [3.63, 3.8) is 0 Å². The third kappa shape index (κ3) is 3.60. The fraction of sp³-hybridized carbons (Fsp3) is 0.222. The van der Waals surface area contributed by atoms with Crippen LogP contribution in [0.2, 0.25) is 0 Å². The van der Waals surface area contributed by atoms with Gasteiger partial charge in [-0.3, -0.25) is 0 Å². The number of alkyl halides is 3. The molecule has 0 aromatic heterocycles. The van der Waals surface area contributed by atoms with E-state index < -0.39 is 27.3 Å². The van der Waals surface area contributed by atoms with Crippen LogP contribution in [-0.2, 0) is 14.9 Å². The van der Waals surface area contributed by atoms with Gasteiger partial charge in [0.15, 0.2) is 5.75 Å². The first-order valence-corrected chi connectivity index (χ1v) is 6.67. The molecule has 0 aliphatic rings. The fourth-order valence-electron chi connectivity index (χ4n) is 0.979. The van der Waals surface area contributed by atoms with Gasteiger partial charge in [-0.15, -0.1) is 0 Å². The molecule has 0 aliphatic carbocycles. The Kier molecular flexibility index (Phi) is 4.46. The Labute approximate surface area is 114 Å². The normalized spacial score (nSPS) is 12.1. The third-order valence-corrected chi connectivity index (χ3v) is 3.42. The van der Waals surface area contributed by atoms with E-state index in [1.54, 1.807) is 0 Å². The van der Waals surface area contributed by atoms with E-state index >= 15 is 0 Å². The van der Waals surface area contributed by atoms with Crippen LogP contribution in [-0.4, -0.2) is 27.0 Å². The van der Waals surface area contributed by atoms with E-state index in [1.807, 2.05) is 0 Å². The zero-order chi connectivity index (χ0) is 14.8. The van der Waals surface area contributed by atoms with Gasteiger partial charge in [-0.1, -0.05) is 0 Å². The van der Waals surface area contributed by atoms with E-state index in [-0.39, 0.29) is 10.0 Å².